The molecule has 0 unspecified atom stereocenters. The van der Waals surface area contributed by atoms with Gasteiger partial charge in [-0.1, -0.05) is 0 Å². The maximum atomic E-state index is 6.10. The van der Waals surface area contributed by atoms with E-state index in [1.807, 2.05) is 38.2 Å². The predicted octanol–water partition coefficient (Wildman–Crippen LogP) is 3.65. The molecule has 3 heterocycles. The second-order valence-corrected chi connectivity index (χ2v) is 7.69. The maximum absolute atomic E-state index is 6.10. The van der Waals surface area contributed by atoms with Crippen LogP contribution in [-0.4, -0.2) is 61.2 Å². The van der Waals surface area contributed by atoms with Gasteiger partial charge in [0, 0.05) is 43.2 Å². The van der Waals surface area contributed by atoms with Crippen molar-refractivity contribution in [3.8, 4) is 11.5 Å². The topological polar surface area (TPSA) is 56.2 Å². The Hall–Kier alpha value is -2.44. The van der Waals surface area contributed by atoms with Crippen LogP contribution in [0.2, 0.25) is 0 Å². The molecule has 1 saturated heterocycles. The SMILES string of the molecule is CC(C)Oc1cc(OCCN2CCOCC2)cc(C2=Nc3cccnc3CC2)c1. The Balaban J connectivity index is 1.52. The van der Waals surface area contributed by atoms with Crippen LogP contribution in [-0.2, 0) is 11.2 Å². The molecule has 0 atom stereocenters. The molecule has 1 aromatic carbocycles. The zero-order valence-corrected chi connectivity index (χ0v) is 17.3. The highest BCUT2D eigenvalue weighted by Crippen LogP contribution is 2.30. The largest absolute Gasteiger partial charge is 0.492 e. The molecule has 1 aromatic heterocycles. The Morgan fingerprint density at radius 2 is 1.93 bits per heavy atom. The number of aromatic nitrogens is 1. The van der Waals surface area contributed by atoms with Crippen LogP contribution in [0.1, 0.15) is 31.5 Å². The van der Waals surface area contributed by atoms with Gasteiger partial charge in [0.2, 0.25) is 0 Å². The summed E-state index contributed by atoms with van der Waals surface area (Å²) < 4.78 is 17.5. The molecule has 0 amide bonds. The third-order valence-corrected chi connectivity index (χ3v) is 5.09. The summed E-state index contributed by atoms with van der Waals surface area (Å²) >= 11 is 0. The fourth-order valence-corrected chi connectivity index (χ4v) is 3.65. The van der Waals surface area contributed by atoms with Gasteiger partial charge in [-0.2, -0.15) is 0 Å². The molecule has 6 nitrogen and oxygen atoms in total. The number of nitrogens with zero attached hydrogens (tertiary/aromatic N) is 3. The molecule has 2 aliphatic rings. The number of fused-ring (bicyclic) bond motifs is 1. The summed E-state index contributed by atoms with van der Waals surface area (Å²) in [5, 5.41) is 0. The van der Waals surface area contributed by atoms with Crippen LogP contribution in [0.15, 0.2) is 41.5 Å². The summed E-state index contributed by atoms with van der Waals surface area (Å²) in [7, 11) is 0. The van der Waals surface area contributed by atoms with Crippen molar-refractivity contribution in [1.29, 1.82) is 0 Å². The van der Waals surface area contributed by atoms with Gasteiger partial charge < -0.3 is 14.2 Å². The zero-order valence-electron chi connectivity index (χ0n) is 17.3. The minimum Gasteiger partial charge on any atom is -0.492 e. The average molecular weight is 396 g/mol. The molecule has 1 fully saturated rings. The van der Waals surface area contributed by atoms with Crippen molar-refractivity contribution in [1.82, 2.24) is 9.88 Å². The van der Waals surface area contributed by atoms with E-state index in [1.165, 1.54) is 0 Å². The van der Waals surface area contributed by atoms with Crippen molar-refractivity contribution in [3.63, 3.8) is 0 Å². The van der Waals surface area contributed by atoms with Crippen molar-refractivity contribution in [2.75, 3.05) is 39.5 Å². The van der Waals surface area contributed by atoms with Crippen LogP contribution in [0.4, 0.5) is 5.69 Å². The summed E-state index contributed by atoms with van der Waals surface area (Å²) in [6.45, 7) is 9.15. The number of hydrogen-bond donors (Lipinski definition) is 0. The lowest BCUT2D eigenvalue weighted by Gasteiger charge is -2.26. The number of pyridine rings is 1. The Labute approximate surface area is 172 Å². The van der Waals surface area contributed by atoms with Gasteiger partial charge in [-0.25, -0.2) is 0 Å². The predicted molar refractivity (Wildman–Crippen MR) is 114 cm³/mol. The summed E-state index contributed by atoms with van der Waals surface area (Å²) in [4.78, 5) is 11.7. The highest BCUT2D eigenvalue weighted by Gasteiger charge is 2.17. The smallest absolute Gasteiger partial charge is 0.124 e. The van der Waals surface area contributed by atoms with Crippen LogP contribution in [0.5, 0.6) is 11.5 Å². The number of ether oxygens (including phenoxy) is 3. The van der Waals surface area contributed by atoms with Gasteiger partial charge in [0.15, 0.2) is 0 Å². The van der Waals surface area contributed by atoms with E-state index in [0.29, 0.717) is 6.61 Å². The highest BCUT2D eigenvalue weighted by atomic mass is 16.5. The van der Waals surface area contributed by atoms with Gasteiger partial charge in [0.1, 0.15) is 18.1 Å². The van der Waals surface area contributed by atoms with E-state index in [1.54, 1.807) is 0 Å². The van der Waals surface area contributed by atoms with Gasteiger partial charge in [-0.15, -0.1) is 0 Å². The lowest BCUT2D eigenvalue weighted by Crippen LogP contribution is -2.38. The zero-order chi connectivity index (χ0) is 20.1. The number of aliphatic imine (C=N–C) groups is 1. The first-order valence-corrected chi connectivity index (χ1v) is 10.4. The number of hydrogen-bond acceptors (Lipinski definition) is 6. The minimum absolute atomic E-state index is 0.102. The molecule has 2 aliphatic heterocycles. The van der Waals surface area contributed by atoms with Crippen LogP contribution in [0.3, 0.4) is 0 Å². The lowest BCUT2D eigenvalue weighted by molar-refractivity contribution is 0.0322. The van der Waals surface area contributed by atoms with Crippen molar-refractivity contribution in [2.45, 2.75) is 32.8 Å². The molecule has 154 valence electrons. The second-order valence-electron chi connectivity index (χ2n) is 7.69. The van der Waals surface area contributed by atoms with Crippen molar-refractivity contribution < 1.29 is 14.2 Å². The lowest BCUT2D eigenvalue weighted by atomic mass is 10.00. The first-order valence-electron chi connectivity index (χ1n) is 10.4. The normalized spacial score (nSPS) is 17.0. The summed E-state index contributed by atoms with van der Waals surface area (Å²) in [6.07, 6.45) is 3.70. The molecule has 0 aliphatic carbocycles. The minimum atomic E-state index is 0.102. The van der Waals surface area contributed by atoms with E-state index in [-0.39, 0.29) is 6.10 Å². The molecular weight excluding hydrogens is 366 g/mol. The van der Waals surface area contributed by atoms with E-state index >= 15 is 0 Å². The first kappa shape index (κ1) is 19.9. The highest BCUT2D eigenvalue weighted by molar-refractivity contribution is 6.03. The molecule has 29 heavy (non-hydrogen) atoms. The summed E-state index contributed by atoms with van der Waals surface area (Å²) in [6, 6.07) is 10.1. The van der Waals surface area contributed by atoms with E-state index in [9.17, 15) is 0 Å². The molecule has 0 N–H and O–H groups in total. The fraction of sp³-hybridized carbons (Fsp3) is 0.478. The number of morpholine rings is 1. The van der Waals surface area contributed by atoms with Gasteiger partial charge in [-0.3, -0.25) is 14.9 Å². The first-order chi connectivity index (χ1) is 14.2. The quantitative estimate of drug-likeness (QED) is 0.716. The third kappa shape index (κ3) is 5.34. The van der Waals surface area contributed by atoms with Gasteiger partial charge in [0.25, 0.3) is 0 Å². The molecule has 6 heteroatoms. The van der Waals surface area contributed by atoms with E-state index in [4.69, 9.17) is 19.2 Å². The van der Waals surface area contributed by atoms with Crippen molar-refractivity contribution in [2.24, 2.45) is 4.99 Å². The van der Waals surface area contributed by atoms with Gasteiger partial charge in [-0.05, 0) is 51.0 Å². The second kappa shape index (κ2) is 9.37. The van der Waals surface area contributed by atoms with Gasteiger partial charge >= 0.3 is 0 Å². The molecule has 2 aromatic rings. The molecular formula is C23H29N3O3. The van der Waals surface area contributed by atoms with Crippen LogP contribution in [0, 0.1) is 0 Å². The third-order valence-electron chi connectivity index (χ3n) is 5.09. The van der Waals surface area contributed by atoms with Crippen molar-refractivity contribution in [3.05, 3.63) is 47.8 Å². The fourth-order valence-electron chi connectivity index (χ4n) is 3.65. The summed E-state index contributed by atoms with van der Waals surface area (Å²) in [5.74, 6) is 1.64. The van der Waals surface area contributed by atoms with Crippen LogP contribution in [0.25, 0.3) is 0 Å². The Kier molecular flexibility index (Phi) is 6.42. The molecule has 0 saturated carbocycles. The Morgan fingerprint density at radius 1 is 1.10 bits per heavy atom. The average Bonchev–Trinajstić information content (AvgIpc) is 2.73. The van der Waals surface area contributed by atoms with Crippen LogP contribution >= 0.6 is 0 Å². The molecule has 4 rings (SSSR count). The van der Waals surface area contributed by atoms with Crippen LogP contribution < -0.4 is 9.47 Å². The maximum Gasteiger partial charge on any atom is 0.124 e. The standard InChI is InChI=1S/C23H29N3O3/c1-17(2)29-20-15-18(21-5-6-22-23(25-21)4-3-7-24-22)14-19(16-20)28-13-10-26-8-11-27-12-9-26/h3-4,7,14-17H,5-6,8-13H2,1-2H3. The number of rotatable bonds is 7. The van der Waals surface area contributed by atoms with E-state index in [2.05, 4.69) is 22.0 Å². The van der Waals surface area contributed by atoms with Crippen molar-refractivity contribution >= 4 is 11.4 Å². The number of aryl methyl sites for hydroxylation is 1. The molecule has 0 bridgehead atoms. The summed E-state index contributed by atoms with van der Waals surface area (Å²) in [5.41, 5.74) is 4.13. The number of benzene rings is 1. The van der Waals surface area contributed by atoms with E-state index in [0.717, 1.165) is 79.8 Å². The molecule has 0 spiro atoms. The Morgan fingerprint density at radius 3 is 2.76 bits per heavy atom. The van der Waals surface area contributed by atoms with E-state index < -0.39 is 0 Å². The van der Waals surface area contributed by atoms with Gasteiger partial charge in [0.05, 0.1) is 30.7 Å². The monoisotopic (exact) mass is 395 g/mol. The Bertz CT molecular complexity index is 860. The molecule has 0 radical (unpaired) electrons.